The van der Waals surface area contributed by atoms with Crippen LogP contribution in [0.2, 0.25) is 0 Å². The van der Waals surface area contributed by atoms with Gasteiger partial charge in [0.15, 0.2) is 6.04 Å². The molecule has 0 spiro atoms. The number of nitrogens with one attached hydrogen (secondary N) is 1. The van der Waals surface area contributed by atoms with Crippen LogP contribution in [-0.4, -0.2) is 43.8 Å². The first-order valence-corrected chi connectivity index (χ1v) is 12.0. The van der Waals surface area contributed by atoms with Gasteiger partial charge >= 0.3 is 0 Å². The van der Waals surface area contributed by atoms with Gasteiger partial charge in [0.2, 0.25) is 10.0 Å². The van der Waals surface area contributed by atoms with E-state index in [-0.39, 0.29) is 16.8 Å². The highest BCUT2D eigenvalue weighted by Gasteiger charge is 2.32. The molecule has 0 radical (unpaired) electrons. The normalized spacial score (nSPS) is 27.5. The molecule has 3 N–H and O–H groups in total. The van der Waals surface area contributed by atoms with Gasteiger partial charge in [-0.3, -0.25) is 4.79 Å². The molecule has 2 fully saturated rings. The fourth-order valence-electron chi connectivity index (χ4n) is 4.40. The second-order valence-electron chi connectivity index (χ2n) is 8.54. The maximum Gasteiger partial charge on any atom is 0.282 e. The molecule has 1 aliphatic heterocycles. The largest absolute Gasteiger partial charge is 0.334 e. The molecule has 6 nitrogen and oxygen atoms in total. The quantitative estimate of drug-likeness (QED) is 0.757. The Morgan fingerprint density at radius 1 is 1.11 bits per heavy atom. The average molecular weight is 409 g/mol. The number of nitrogens with two attached hydrogens (primary N) is 1. The van der Waals surface area contributed by atoms with Crippen molar-refractivity contribution in [1.82, 2.24) is 4.31 Å². The molecule has 4 atom stereocenters. The molecular formula is C21H34N3O3S+. The van der Waals surface area contributed by atoms with Gasteiger partial charge in [-0.05, 0) is 69.2 Å². The Balaban J connectivity index is 1.58. The van der Waals surface area contributed by atoms with Crippen LogP contribution in [0, 0.1) is 11.8 Å². The summed E-state index contributed by atoms with van der Waals surface area (Å²) >= 11 is 0. The molecule has 1 saturated heterocycles. The molecule has 1 heterocycles. The van der Waals surface area contributed by atoms with Crippen LogP contribution in [0.3, 0.4) is 0 Å². The van der Waals surface area contributed by atoms with Crippen LogP contribution in [0.15, 0.2) is 29.2 Å². The van der Waals surface area contributed by atoms with Crippen LogP contribution < -0.4 is 10.6 Å². The van der Waals surface area contributed by atoms with E-state index in [1.807, 2.05) is 6.92 Å². The number of anilines is 1. The minimum atomic E-state index is -3.42. The van der Waals surface area contributed by atoms with Crippen molar-refractivity contribution in [3.63, 3.8) is 0 Å². The van der Waals surface area contributed by atoms with E-state index in [2.05, 4.69) is 24.5 Å². The zero-order valence-corrected chi connectivity index (χ0v) is 18.0. The first-order valence-electron chi connectivity index (χ1n) is 10.5. The van der Waals surface area contributed by atoms with E-state index < -0.39 is 10.0 Å². The highest BCUT2D eigenvalue weighted by atomic mass is 32.2. The molecule has 28 heavy (non-hydrogen) atoms. The van der Waals surface area contributed by atoms with Crippen LogP contribution in [0.5, 0.6) is 0 Å². The Morgan fingerprint density at radius 2 is 1.75 bits per heavy atom. The predicted octanol–water partition coefficient (Wildman–Crippen LogP) is 2.19. The maximum atomic E-state index is 12.6. The Bertz CT molecular complexity index is 773. The second kappa shape index (κ2) is 8.93. The first-order chi connectivity index (χ1) is 13.3. The molecule has 0 unspecified atom stereocenters. The van der Waals surface area contributed by atoms with Crippen molar-refractivity contribution in [1.29, 1.82) is 0 Å². The minimum Gasteiger partial charge on any atom is -0.334 e. The van der Waals surface area contributed by atoms with E-state index in [0.717, 1.165) is 19.3 Å². The lowest BCUT2D eigenvalue weighted by atomic mass is 9.78. The second-order valence-corrected chi connectivity index (χ2v) is 10.5. The third-order valence-corrected chi connectivity index (χ3v) is 8.46. The van der Waals surface area contributed by atoms with Crippen molar-refractivity contribution in [2.75, 3.05) is 18.4 Å². The van der Waals surface area contributed by atoms with Gasteiger partial charge < -0.3 is 10.6 Å². The summed E-state index contributed by atoms with van der Waals surface area (Å²) in [7, 11) is -3.42. The summed E-state index contributed by atoms with van der Waals surface area (Å²) in [5.74, 6) is 1.27. The molecule has 1 aliphatic carbocycles. The summed E-state index contributed by atoms with van der Waals surface area (Å²) in [5.41, 5.74) is 0.635. The average Bonchev–Trinajstić information content (AvgIpc) is 3.21. The molecule has 7 heteroatoms. The Morgan fingerprint density at radius 3 is 2.39 bits per heavy atom. The van der Waals surface area contributed by atoms with Crippen LogP contribution in [-0.2, 0) is 14.8 Å². The zero-order chi connectivity index (χ0) is 20.3. The van der Waals surface area contributed by atoms with Crippen molar-refractivity contribution in [2.45, 2.75) is 69.9 Å². The van der Waals surface area contributed by atoms with E-state index in [4.69, 9.17) is 0 Å². The van der Waals surface area contributed by atoms with E-state index >= 15 is 0 Å². The summed E-state index contributed by atoms with van der Waals surface area (Å²) in [6, 6.07) is 6.84. The number of benzene rings is 1. The molecule has 1 aromatic carbocycles. The van der Waals surface area contributed by atoms with E-state index in [9.17, 15) is 13.2 Å². The van der Waals surface area contributed by atoms with Gasteiger partial charge in [-0.1, -0.05) is 13.8 Å². The van der Waals surface area contributed by atoms with Crippen LogP contribution in [0.25, 0.3) is 0 Å². The third-order valence-electron chi connectivity index (χ3n) is 6.54. The Kier molecular flexibility index (Phi) is 6.78. The van der Waals surface area contributed by atoms with Crippen molar-refractivity contribution in [3.05, 3.63) is 24.3 Å². The van der Waals surface area contributed by atoms with Gasteiger partial charge in [-0.25, -0.2) is 8.42 Å². The van der Waals surface area contributed by atoms with E-state index in [1.165, 1.54) is 17.1 Å². The number of hydrogen-bond acceptors (Lipinski definition) is 3. The van der Waals surface area contributed by atoms with Gasteiger partial charge in [-0.15, -0.1) is 0 Å². The molecule has 1 aromatic rings. The number of amides is 1. The predicted molar refractivity (Wildman–Crippen MR) is 110 cm³/mol. The molecule has 3 rings (SSSR count). The number of nitrogens with zero attached hydrogens (tertiary/aromatic N) is 1. The van der Waals surface area contributed by atoms with Crippen molar-refractivity contribution >= 4 is 21.6 Å². The summed E-state index contributed by atoms with van der Waals surface area (Å²) in [4.78, 5) is 12.9. The molecule has 2 aliphatic rings. The van der Waals surface area contributed by atoms with E-state index in [0.29, 0.717) is 36.7 Å². The van der Waals surface area contributed by atoms with Crippen LogP contribution in [0.1, 0.15) is 52.9 Å². The molecule has 1 saturated carbocycles. The van der Waals surface area contributed by atoms with Gasteiger partial charge in [-0.2, -0.15) is 4.31 Å². The number of carbonyl (C=O) groups excluding carboxylic acids is 1. The fourth-order valence-corrected chi connectivity index (χ4v) is 5.91. The lowest BCUT2D eigenvalue weighted by Gasteiger charge is -2.33. The smallest absolute Gasteiger partial charge is 0.282 e. The van der Waals surface area contributed by atoms with Crippen molar-refractivity contribution in [3.8, 4) is 0 Å². The lowest BCUT2D eigenvalue weighted by Crippen LogP contribution is -2.97. The monoisotopic (exact) mass is 408 g/mol. The summed E-state index contributed by atoms with van der Waals surface area (Å²) in [5, 5.41) is 5.12. The molecular weight excluding hydrogens is 374 g/mol. The number of hydrogen-bond donors (Lipinski definition) is 2. The maximum absolute atomic E-state index is 12.6. The molecule has 0 bridgehead atoms. The number of sulfonamides is 1. The van der Waals surface area contributed by atoms with Crippen LogP contribution >= 0.6 is 0 Å². The Labute approximate surface area is 169 Å². The van der Waals surface area contributed by atoms with Crippen molar-refractivity contribution < 1.29 is 18.5 Å². The van der Waals surface area contributed by atoms with Crippen LogP contribution in [0.4, 0.5) is 5.69 Å². The van der Waals surface area contributed by atoms with Gasteiger partial charge in [0.1, 0.15) is 0 Å². The molecule has 0 aromatic heterocycles. The third kappa shape index (κ3) is 4.75. The fraction of sp³-hybridized carbons (Fsp3) is 0.667. The van der Waals surface area contributed by atoms with E-state index in [1.54, 1.807) is 24.3 Å². The minimum absolute atomic E-state index is 0.0411. The van der Waals surface area contributed by atoms with Gasteiger partial charge in [0.05, 0.1) is 10.9 Å². The lowest BCUT2D eigenvalue weighted by molar-refractivity contribution is -0.715. The summed E-state index contributed by atoms with van der Waals surface area (Å²) < 4.78 is 26.7. The first kappa shape index (κ1) is 21.3. The number of rotatable bonds is 6. The Hall–Kier alpha value is -1.44. The summed E-state index contributed by atoms with van der Waals surface area (Å²) in [6.07, 6.45) is 5.50. The number of quaternary nitrogens is 1. The van der Waals surface area contributed by atoms with Crippen molar-refractivity contribution in [2.24, 2.45) is 11.8 Å². The zero-order valence-electron chi connectivity index (χ0n) is 17.2. The highest BCUT2D eigenvalue weighted by molar-refractivity contribution is 7.89. The standard InChI is InChI=1S/C21H33N3O3S/c1-15-7-6-8-20(16(15)2)22-17(3)21(25)23-18-9-11-19(12-10-18)28(26,27)24-13-4-5-14-24/h9-12,15-17,20,22H,4-8,13-14H2,1-3H3,(H,23,25)/p+1/t15-,16+,17-,20-/m0/s1. The molecule has 1 amide bonds. The summed E-state index contributed by atoms with van der Waals surface area (Å²) in [6.45, 7) is 7.70. The number of carbonyl (C=O) groups is 1. The highest BCUT2D eigenvalue weighted by Crippen LogP contribution is 2.27. The molecule has 156 valence electrons. The topological polar surface area (TPSA) is 83.1 Å². The SMILES string of the molecule is C[C@H]1[C@@H]([NH2+][C@@H](C)C(=O)Nc2ccc(S(=O)(=O)N3CCCC3)cc2)CCC[C@@H]1C. The van der Waals surface area contributed by atoms with Gasteiger partial charge in [0.25, 0.3) is 5.91 Å². The van der Waals surface area contributed by atoms with Gasteiger partial charge in [0, 0.05) is 24.7 Å².